The Morgan fingerprint density at radius 1 is 1.18 bits per heavy atom. The molecule has 0 aliphatic rings. The van der Waals surface area contributed by atoms with Crippen molar-refractivity contribution in [1.82, 2.24) is 0 Å². The zero-order chi connectivity index (χ0) is 9.65. The average Bonchev–Trinajstić information content (AvgIpc) is 1.59. The third-order valence-corrected chi connectivity index (χ3v) is 1.02. The summed E-state index contributed by atoms with van der Waals surface area (Å²) in [7, 11) is -2.17. The summed E-state index contributed by atoms with van der Waals surface area (Å²) >= 11 is 0. The van der Waals surface area contributed by atoms with Gasteiger partial charge in [-0.05, 0) is 20.8 Å². The van der Waals surface area contributed by atoms with E-state index in [1.165, 1.54) is 0 Å². The van der Waals surface area contributed by atoms with E-state index in [-0.39, 0.29) is 0 Å². The molecule has 0 saturated carbocycles. The maximum atomic E-state index is 8.84. The summed E-state index contributed by atoms with van der Waals surface area (Å²) < 4.78 is 0. The molecule has 0 aromatic heterocycles. The fraction of sp³-hybridized carbons (Fsp3) is 1.00. The molecule has 1 atom stereocenters. The minimum Gasteiger partial charge on any atom is -0.402 e. The molecular formula is C5H15BO5. The SMILES string of the molecule is CC(O)C(C)(C)O.OB(O)O. The largest absolute Gasteiger partial charge is 0.631 e. The first-order valence-corrected chi connectivity index (χ1v) is 3.12. The molecule has 0 heterocycles. The summed E-state index contributed by atoms with van der Waals surface area (Å²) in [5.74, 6) is 0. The lowest BCUT2D eigenvalue weighted by atomic mass is 10.0. The zero-order valence-corrected chi connectivity index (χ0v) is 6.89. The molecule has 0 bridgehead atoms. The van der Waals surface area contributed by atoms with Gasteiger partial charge in [0.1, 0.15) is 0 Å². The van der Waals surface area contributed by atoms with Gasteiger partial charge in [0.2, 0.25) is 0 Å². The number of rotatable bonds is 1. The molecule has 0 saturated heterocycles. The van der Waals surface area contributed by atoms with E-state index in [2.05, 4.69) is 0 Å². The molecule has 0 spiro atoms. The van der Waals surface area contributed by atoms with Gasteiger partial charge in [-0.3, -0.25) is 0 Å². The van der Waals surface area contributed by atoms with Gasteiger partial charge in [-0.15, -0.1) is 0 Å². The fourth-order valence-corrected chi connectivity index (χ4v) is 0. The highest BCUT2D eigenvalue weighted by atomic mass is 16.5. The Labute approximate surface area is 66.1 Å². The Hall–Kier alpha value is -0.135. The van der Waals surface area contributed by atoms with E-state index in [1.807, 2.05) is 0 Å². The van der Waals surface area contributed by atoms with Crippen LogP contribution in [0.15, 0.2) is 0 Å². The molecule has 6 heteroatoms. The summed E-state index contributed by atoms with van der Waals surface area (Å²) in [6, 6.07) is 0. The van der Waals surface area contributed by atoms with Crippen LogP contribution >= 0.6 is 0 Å². The van der Waals surface area contributed by atoms with Crippen LogP contribution in [0.5, 0.6) is 0 Å². The molecule has 0 radical (unpaired) electrons. The van der Waals surface area contributed by atoms with Crippen molar-refractivity contribution in [3.63, 3.8) is 0 Å². The van der Waals surface area contributed by atoms with Crippen LogP contribution in [0.3, 0.4) is 0 Å². The normalized spacial score (nSPS) is 13.1. The van der Waals surface area contributed by atoms with Crippen molar-refractivity contribution in [3.8, 4) is 0 Å². The van der Waals surface area contributed by atoms with Crippen molar-refractivity contribution in [3.05, 3.63) is 0 Å². The first kappa shape index (κ1) is 13.5. The third kappa shape index (κ3) is 17.7. The highest BCUT2D eigenvalue weighted by Gasteiger charge is 2.18. The Morgan fingerprint density at radius 2 is 1.27 bits per heavy atom. The molecule has 1 unspecified atom stereocenters. The van der Waals surface area contributed by atoms with Gasteiger partial charge in [-0.2, -0.15) is 0 Å². The minimum absolute atomic E-state index is 0.646. The Morgan fingerprint density at radius 3 is 1.27 bits per heavy atom. The van der Waals surface area contributed by atoms with Crippen molar-refractivity contribution in [2.24, 2.45) is 0 Å². The molecule has 5 N–H and O–H groups in total. The van der Waals surface area contributed by atoms with Gasteiger partial charge in [0, 0.05) is 0 Å². The monoisotopic (exact) mass is 166 g/mol. The van der Waals surface area contributed by atoms with Crippen molar-refractivity contribution in [2.45, 2.75) is 32.5 Å². The van der Waals surface area contributed by atoms with Gasteiger partial charge in [-0.25, -0.2) is 0 Å². The second kappa shape index (κ2) is 5.51. The number of aliphatic hydroxyl groups is 2. The molecule has 0 aliphatic heterocycles. The first-order chi connectivity index (χ1) is 4.68. The highest BCUT2D eigenvalue weighted by molar-refractivity contribution is 6.30. The minimum atomic E-state index is -2.17. The van der Waals surface area contributed by atoms with Gasteiger partial charge < -0.3 is 25.3 Å². The average molecular weight is 166 g/mol. The van der Waals surface area contributed by atoms with E-state index >= 15 is 0 Å². The molecule has 0 aliphatic carbocycles. The van der Waals surface area contributed by atoms with Crippen molar-refractivity contribution < 1.29 is 25.3 Å². The molecule has 11 heavy (non-hydrogen) atoms. The lowest BCUT2D eigenvalue weighted by Crippen LogP contribution is -2.32. The predicted molar refractivity (Wildman–Crippen MR) is 40.4 cm³/mol. The topological polar surface area (TPSA) is 101 Å². The standard InChI is InChI=1S/C5H12O2.BH3O3/c1-4(6)5(2,3)7;2-1(3)4/h4,6-7H,1-3H3;2-4H. The second-order valence-electron chi connectivity index (χ2n) is 2.68. The van der Waals surface area contributed by atoms with Gasteiger partial charge in [-0.1, -0.05) is 0 Å². The van der Waals surface area contributed by atoms with Crippen LogP contribution in [0.4, 0.5) is 0 Å². The van der Waals surface area contributed by atoms with E-state index in [0.29, 0.717) is 0 Å². The van der Waals surface area contributed by atoms with Crippen LogP contribution < -0.4 is 0 Å². The van der Waals surface area contributed by atoms with E-state index < -0.39 is 19.0 Å². The predicted octanol–water partition coefficient (Wildman–Crippen LogP) is -1.91. The third-order valence-electron chi connectivity index (χ3n) is 1.02. The second-order valence-corrected chi connectivity index (χ2v) is 2.68. The maximum absolute atomic E-state index is 8.84. The van der Waals surface area contributed by atoms with Gasteiger partial charge >= 0.3 is 7.32 Å². The number of hydrogen-bond donors (Lipinski definition) is 5. The van der Waals surface area contributed by atoms with Crippen LogP contribution in [-0.4, -0.2) is 44.3 Å². The van der Waals surface area contributed by atoms with Crippen LogP contribution in [0.25, 0.3) is 0 Å². The summed E-state index contributed by atoms with van der Waals surface area (Å²) in [5.41, 5.74) is -0.944. The number of aliphatic hydroxyl groups excluding tert-OH is 1. The van der Waals surface area contributed by atoms with Gasteiger partial charge in [0.25, 0.3) is 0 Å². The van der Waals surface area contributed by atoms with E-state index in [4.69, 9.17) is 25.3 Å². The van der Waals surface area contributed by atoms with Crippen LogP contribution in [0.1, 0.15) is 20.8 Å². The van der Waals surface area contributed by atoms with Gasteiger partial charge in [0.05, 0.1) is 11.7 Å². The molecule has 0 aromatic rings. The fourth-order valence-electron chi connectivity index (χ4n) is 0. The Balaban J connectivity index is 0. The van der Waals surface area contributed by atoms with Gasteiger partial charge in [0.15, 0.2) is 0 Å². The Bertz CT molecular complexity index is 84.6. The highest BCUT2D eigenvalue weighted by Crippen LogP contribution is 2.05. The number of hydrogen-bond acceptors (Lipinski definition) is 5. The van der Waals surface area contributed by atoms with E-state index in [0.717, 1.165) is 0 Å². The van der Waals surface area contributed by atoms with Crippen molar-refractivity contribution >= 4 is 7.32 Å². The zero-order valence-electron chi connectivity index (χ0n) is 6.89. The summed E-state index contributed by atoms with van der Waals surface area (Å²) in [6.45, 7) is 4.69. The molecule has 0 fully saturated rings. The molecule has 0 aromatic carbocycles. The van der Waals surface area contributed by atoms with Crippen LogP contribution in [-0.2, 0) is 0 Å². The maximum Gasteiger partial charge on any atom is 0.631 e. The molecule has 68 valence electrons. The molecule has 0 rings (SSSR count). The van der Waals surface area contributed by atoms with Crippen LogP contribution in [0.2, 0.25) is 0 Å². The molecule has 0 amide bonds. The summed E-state index contributed by atoms with van der Waals surface area (Å²) in [4.78, 5) is 0. The lowest BCUT2D eigenvalue weighted by Gasteiger charge is -2.19. The smallest absolute Gasteiger partial charge is 0.402 e. The van der Waals surface area contributed by atoms with E-state index in [1.54, 1.807) is 20.8 Å². The quantitative estimate of drug-likeness (QED) is 0.292. The lowest BCUT2D eigenvalue weighted by molar-refractivity contribution is -0.0375. The summed E-state index contributed by atoms with van der Waals surface area (Å²) in [5, 5.41) is 39.0. The molecular weight excluding hydrogens is 151 g/mol. The summed E-state index contributed by atoms with van der Waals surface area (Å²) in [6.07, 6.45) is -0.646. The Kier molecular flexibility index (Phi) is 6.74. The van der Waals surface area contributed by atoms with Crippen molar-refractivity contribution in [1.29, 1.82) is 0 Å². The first-order valence-electron chi connectivity index (χ1n) is 3.12. The van der Waals surface area contributed by atoms with E-state index in [9.17, 15) is 0 Å². The van der Waals surface area contributed by atoms with Crippen LogP contribution in [0, 0.1) is 0 Å². The molecule has 5 nitrogen and oxygen atoms in total. The van der Waals surface area contributed by atoms with Crippen molar-refractivity contribution in [2.75, 3.05) is 0 Å².